The number of carboxylic acids is 1. The molecule has 0 spiro atoms. The molecule has 1 aromatic heterocycles. The van der Waals surface area contributed by atoms with Crippen LogP contribution in [0.1, 0.15) is 21.7 Å². The van der Waals surface area contributed by atoms with Crippen LogP contribution in [0.3, 0.4) is 0 Å². The number of hydrogen-bond acceptors (Lipinski definition) is 3. The molecule has 0 amide bonds. The van der Waals surface area contributed by atoms with Crippen LogP contribution in [0, 0.1) is 13.8 Å². The van der Waals surface area contributed by atoms with E-state index in [0.717, 1.165) is 22.4 Å². The molecule has 1 heterocycles. The average molecular weight is 246 g/mol. The first kappa shape index (κ1) is 12.2. The predicted molar refractivity (Wildman–Crippen MR) is 67.0 cm³/mol. The van der Waals surface area contributed by atoms with E-state index in [1.165, 1.54) is 6.20 Å². The quantitative estimate of drug-likeness (QED) is 0.872. The third kappa shape index (κ3) is 1.95. The van der Waals surface area contributed by atoms with E-state index in [0.29, 0.717) is 5.69 Å². The van der Waals surface area contributed by atoms with Crippen LogP contribution in [0.2, 0.25) is 0 Å². The number of ether oxygens (including phenoxy) is 1. The average Bonchev–Trinajstić information content (AvgIpc) is 2.82. The summed E-state index contributed by atoms with van der Waals surface area (Å²) in [6, 6.07) is 3.75. The highest BCUT2D eigenvalue weighted by Crippen LogP contribution is 2.29. The van der Waals surface area contributed by atoms with E-state index in [1.54, 1.807) is 7.11 Å². The minimum absolute atomic E-state index is 0.0575. The van der Waals surface area contributed by atoms with Gasteiger partial charge in [-0.3, -0.25) is 0 Å². The van der Waals surface area contributed by atoms with Crippen molar-refractivity contribution in [2.45, 2.75) is 13.8 Å². The first-order chi connectivity index (χ1) is 8.54. The number of aromatic nitrogens is 2. The molecule has 0 atom stereocenters. The maximum atomic E-state index is 10.8. The van der Waals surface area contributed by atoms with Crippen LogP contribution in [-0.4, -0.2) is 28.2 Å². The van der Waals surface area contributed by atoms with Crippen LogP contribution in [0.4, 0.5) is 0 Å². The third-order valence-corrected chi connectivity index (χ3v) is 3.03. The maximum absolute atomic E-state index is 10.8. The molecule has 0 unspecified atom stereocenters. The number of imidazole rings is 1. The Morgan fingerprint density at radius 3 is 2.61 bits per heavy atom. The summed E-state index contributed by atoms with van der Waals surface area (Å²) in [5.74, 6) is -0.309. The molecule has 2 aromatic rings. The fourth-order valence-corrected chi connectivity index (χ4v) is 1.88. The van der Waals surface area contributed by atoms with Gasteiger partial charge >= 0.3 is 5.97 Å². The number of carbonyl (C=O) groups is 1. The highest BCUT2D eigenvalue weighted by molar-refractivity contribution is 5.84. The summed E-state index contributed by atoms with van der Waals surface area (Å²) in [6.45, 7) is 3.93. The van der Waals surface area contributed by atoms with Gasteiger partial charge in [0.1, 0.15) is 5.75 Å². The number of benzene rings is 1. The second kappa shape index (κ2) is 4.52. The van der Waals surface area contributed by atoms with Crippen molar-refractivity contribution in [2.24, 2.45) is 0 Å². The van der Waals surface area contributed by atoms with Crippen molar-refractivity contribution >= 4 is 5.97 Å². The van der Waals surface area contributed by atoms with Gasteiger partial charge in [-0.2, -0.15) is 0 Å². The van der Waals surface area contributed by atoms with Gasteiger partial charge in [0.15, 0.2) is 0 Å². The number of aromatic amines is 1. The molecule has 0 aliphatic carbocycles. The fraction of sp³-hybridized carbons (Fsp3) is 0.231. The lowest BCUT2D eigenvalue weighted by atomic mass is 10.0. The van der Waals surface area contributed by atoms with E-state index in [4.69, 9.17) is 9.84 Å². The number of nitrogens with one attached hydrogen (secondary N) is 1. The summed E-state index contributed by atoms with van der Waals surface area (Å²) in [6.07, 6.45) is 1.53. The lowest BCUT2D eigenvalue weighted by Gasteiger charge is -2.11. The maximum Gasteiger partial charge on any atom is 0.371 e. The zero-order valence-corrected chi connectivity index (χ0v) is 10.4. The third-order valence-electron chi connectivity index (χ3n) is 3.03. The lowest BCUT2D eigenvalue weighted by Crippen LogP contribution is -1.98. The van der Waals surface area contributed by atoms with Crippen LogP contribution in [0.5, 0.6) is 5.75 Å². The van der Waals surface area contributed by atoms with Gasteiger partial charge in [0.05, 0.1) is 19.0 Å². The van der Waals surface area contributed by atoms with Gasteiger partial charge in [-0.15, -0.1) is 0 Å². The van der Waals surface area contributed by atoms with Gasteiger partial charge in [-0.25, -0.2) is 9.78 Å². The van der Waals surface area contributed by atoms with E-state index in [2.05, 4.69) is 9.97 Å². The molecule has 0 saturated heterocycles. The Bertz CT molecular complexity index is 602. The van der Waals surface area contributed by atoms with Gasteiger partial charge < -0.3 is 14.8 Å². The smallest absolute Gasteiger partial charge is 0.371 e. The molecule has 0 aliphatic heterocycles. The molecule has 94 valence electrons. The van der Waals surface area contributed by atoms with Crippen LogP contribution < -0.4 is 4.74 Å². The van der Waals surface area contributed by atoms with E-state index >= 15 is 0 Å². The van der Waals surface area contributed by atoms with Crippen LogP contribution in [0.15, 0.2) is 18.3 Å². The normalized spacial score (nSPS) is 10.4. The number of aromatic carboxylic acids is 1. The van der Waals surface area contributed by atoms with Crippen molar-refractivity contribution in [3.8, 4) is 17.0 Å². The van der Waals surface area contributed by atoms with Crippen molar-refractivity contribution in [3.63, 3.8) is 0 Å². The van der Waals surface area contributed by atoms with Crippen molar-refractivity contribution < 1.29 is 14.6 Å². The molecule has 0 aliphatic rings. The molecular weight excluding hydrogens is 232 g/mol. The standard InChI is InChI=1S/C13H14N2O3/c1-7-8(2)11(18-3)5-4-9(7)10-6-14-12(15-10)13(16)17/h4-6H,1-3H3,(H,14,15)(H,16,17). The Labute approximate surface area is 104 Å². The Morgan fingerprint density at radius 2 is 2.06 bits per heavy atom. The monoisotopic (exact) mass is 246 g/mol. The Kier molecular flexibility index (Phi) is 3.06. The van der Waals surface area contributed by atoms with Crippen LogP contribution in [0.25, 0.3) is 11.3 Å². The molecule has 0 saturated carbocycles. The second-order valence-electron chi connectivity index (χ2n) is 4.02. The van der Waals surface area contributed by atoms with Gasteiger partial charge in [-0.1, -0.05) is 0 Å². The Morgan fingerprint density at radius 1 is 1.33 bits per heavy atom. The number of H-pyrrole nitrogens is 1. The van der Waals surface area contributed by atoms with E-state index in [9.17, 15) is 4.79 Å². The van der Waals surface area contributed by atoms with Crippen LogP contribution in [-0.2, 0) is 0 Å². The van der Waals surface area contributed by atoms with Crippen LogP contribution >= 0.6 is 0 Å². The van der Waals surface area contributed by atoms with Crippen molar-refractivity contribution in [3.05, 3.63) is 35.3 Å². The molecule has 0 bridgehead atoms. The summed E-state index contributed by atoms with van der Waals surface area (Å²) in [4.78, 5) is 17.4. The Balaban J connectivity index is 2.50. The molecule has 18 heavy (non-hydrogen) atoms. The second-order valence-corrected chi connectivity index (χ2v) is 4.02. The van der Waals surface area contributed by atoms with Crippen molar-refractivity contribution in [1.82, 2.24) is 9.97 Å². The summed E-state index contributed by atoms with van der Waals surface area (Å²) in [5.41, 5.74) is 3.68. The summed E-state index contributed by atoms with van der Waals surface area (Å²) in [7, 11) is 1.63. The van der Waals surface area contributed by atoms with E-state index in [-0.39, 0.29) is 5.82 Å². The number of methoxy groups -OCH3 is 1. The molecule has 0 fully saturated rings. The highest BCUT2D eigenvalue weighted by atomic mass is 16.5. The summed E-state index contributed by atoms with van der Waals surface area (Å²) < 4.78 is 5.24. The van der Waals surface area contributed by atoms with Gasteiger partial charge in [0, 0.05) is 5.56 Å². The minimum Gasteiger partial charge on any atom is -0.496 e. The zero-order valence-electron chi connectivity index (χ0n) is 10.4. The first-order valence-corrected chi connectivity index (χ1v) is 5.47. The highest BCUT2D eigenvalue weighted by Gasteiger charge is 2.13. The summed E-state index contributed by atoms with van der Waals surface area (Å²) >= 11 is 0. The van der Waals surface area contributed by atoms with Gasteiger partial charge in [0.2, 0.25) is 5.82 Å². The SMILES string of the molecule is COc1ccc(-c2cnc(C(=O)O)[nH]2)c(C)c1C. The number of carboxylic acid groups (broad SMARTS) is 1. The number of rotatable bonds is 3. The summed E-state index contributed by atoms with van der Waals surface area (Å²) in [5, 5.41) is 8.84. The zero-order chi connectivity index (χ0) is 13.3. The van der Waals surface area contributed by atoms with Crippen molar-refractivity contribution in [1.29, 1.82) is 0 Å². The van der Waals surface area contributed by atoms with E-state index < -0.39 is 5.97 Å². The number of nitrogens with zero attached hydrogens (tertiary/aromatic N) is 1. The first-order valence-electron chi connectivity index (χ1n) is 5.47. The van der Waals surface area contributed by atoms with Gasteiger partial charge in [-0.05, 0) is 37.1 Å². The molecule has 5 nitrogen and oxygen atoms in total. The largest absolute Gasteiger partial charge is 0.496 e. The minimum atomic E-state index is -1.07. The molecule has 2 N–H and O–H groups in total. The fourth-order valence-electron chi connectivity index (χ4n) is 1.88. The molecule has 2 rings (SSSR count). The number of hydrogen-bond donors (Lipinski definition) is 2. The Hall–Kier alpha value is -2.30. The topological polar surface area (TPSA) is 75.2 Å². The molecule has 0 radical (unpaired) electrons. The van der Waals surface area contributed by atoms with Crippen molar-refractivity contribution in [2.75, 3.05) is 7.11 Å². The van der Waals surface area contributed by atoms with E-state index in [1.807, 2.05) is 26.0 Å². The van der Waals surface area contributed by atoms with Gasteiger partial charge in [0.25, 0.3) is 0 Å². The molecular formula is C13H14N2O3. The predicted octanol–water partition coefficient (Wildman–Crippen LogP) is 2.40. The molecule has 1 aromatic carbocycles. The molecule has 5 heteroatoms. The lowest BCUT2D eigenvalue weighted by molar-refractivity contribution is 0.0685.